The molecule has 7 heteroatoms. The van der Waals surface area contributed by atoms with Gasteiger partial charge in [0.2, 0.25) is 0 Å². The van der Waals surface area contributed by atoms with E-state index in [9.17, 15) is 4.79 Å². The van der Waals surface area contributed by atoms with Gasteiger partial charge in [0.05, 0.1) is 29.3 Å². The highest BCUT2D eigenvalue weighted by atomic mass is 16.5. The molecule has 3 fully saturated rings. The van der Waals surface area contributed by atoms with Crippen molar-refractivity contribution in [2.24, 2.45) is 10.7 Å². The zero-order valence-electron chi connectivity index (χ0n) is 15.2. The molecule has 2 aliphatic heterocycles. The average molecular weight is 355 g/mol. The van der Waals surface area contributed by atoms with Crippen LogP contribution in [-0.4, -0.2) is 40.8 Å². The summed E-state index contributed by atoms with van der Waals surface area (Å²) >= 11 is 0. The molecule has 1 saturated carbocycles. The Hall–Kier alpha value is -2.67. The standard InChI is InChI=1S/C19H23N5O2.H2/c1-12-6-13(22-17(25)14(20)4-5-21-3)7-24-8-15(23-16(12)24)19-9-18(2,10-19)26-11-19;/h4-8H,9-11,20H2,1-3H3,(H,22,25);1H/b14-4-,21-5?;. The van der Waals surface area contributed by atoms with Gasteiger partial charge in [-0.3, -0.25) is 9.79 Å². The Balaban J connectivity index is 0.00000210. The molecule has 4 heterocycles. The summed E-state index contributed by atoms with van der Waals surface area (Å²) in [5.41, 5.74) is 9.55. The predicted molar refractivity (Wildman–Crippen MR) is 103 cm³/mol. The number of nitrogens with one attached hydrogen (secondary N) is 1. The van der Waals surface area contributed by atoms with Crippen LogP contribution in [0.2, 0.25) is 0 Å². The third-order valence-electron chi connectivity index (χ3n) is 5.32. The molecule has 2 aromatic heterocycles. The zero-order chi connectivity index (χ0) is 18.5. The summed E-state index contributed by atoms with van der Waals surface area (Å²) in [6.07, 6.45) is 8.92. The largest absolute Gasteiger partial charge is 0.394 e. The summed E-state index contributed by atoms with van der Waals surface area (Å²) in [5, 5.41) is 2.82. The van der Waals surface area contributed by atoms with Gasteiger partial charge >= 0.3 is 0 Å². The van der Waals surface area contributed by atoms with Gasteiger partial charge in [-0.2, -0.15) is 0 Å². The summed E-state index contributed by atoms with van der Waals surface area (Å²) in [6.45, 7) is 4.88. The predicted octanol–water partition coefficient (Wildman–Crippen LogP) is 2.19. The maximum Gasteiger partial charge on any atom is 0.271 e. The van der Waals surface area contributed by atoms with Crippen LogP contribution >= 0.6 is 0 Å². The second kappa shape index (κ2) is 5.67. The first-order valence-corrected chi connectivity index (χ1v) is 8.67. The molecule has 138 valence electrons. The van der Waals surface area contributed by atoms with Gasteiger partial charge < -0.3 is 20.2 Å². The lowest BCUT2D eigenvalue weighted by atomic mass is 9.62. The second-order valence-corrected chi connectivity index (χ2v) is 7.62. The molecule has 3 aliphatic rings. The summed E-state index contributed by atoms with van der Waals surface area (Å²) in [7, 11) is 1.62. The summed E-state index contributed by atoms with van der Waals surface area (Å²) in [4.78, 5) is 20.8. The van der Waals surface area contributed by atoms with Crippen molar-refractivity contribution in [2.45, 2.75) is 37.7 Å². The lowest BCUT2D eigenvalue weighted by molar-refractivity contribution is -0.112. The van der Waals surface area contributed by atoms with Crippen molar-refractivity contribution in [2.75, 3.05) is 19.0 Å². The fourth-order valence-electron chi connectivity index (χ4n) is 4.18. The Kier molecular flexibility index (Phi) is 3.66. The number of nitrogens with two attached hydrogens (primary N) is 1. The highest BCUT2D eigenvalue weighted by Gasteiger charge is 2.61. The van der Waals surface area contributed by atoms with E-state index in [-0.39, 0.29) is 24.0 Å². The highest BCUT2D eigenvalue weighted by molar-refractivity contribution is 6.05. The first kappa shape index (κ1) is 16.8. The number of fused-ring (bicyclic) bond motifs is 2. The molecule has 5 rings (SSSR count). The normalized spacial score (nSPS) is 27.9. The number of ether oxygens (including phenoxy) is 1. The number of imidazole rings is 1. The van der Waals surface area contributed by atoms with Crippen LogP contribution in [0.4, 0.5) is 5.69 Å². The minimum atomic E-state index is -0.360. The van der Waals surface area contributed by atoms with Crippen LogP contribution in [0.15, 0.2) is 35.2 Å². The maximum absolute atomic E-state index is 12.2. The molecule has 0 aromatic carbocycles. The van der Waals surface area contributed by atoms with E-state index in [4.69, 9.17) is 15.5 Å². The van der Waals surface area contributed by atoms with Gasteiger partial charge in [-0.25, -0.2) is 4.98 Å². The smallest absolute Gasteiger partial charge is 0.271 e. The number of rotatable bonds is 4. The quantitative estimate of drug-likeness (QED) is 0.649. The number of carbonyl (C=O) groups excluding carboxylic acids is 1. The van der Waals surface area contributed by atoms with E-state index in [2.05, 4.69) is 23.4 Å². The number of carbonyl (C=O) groups is 1. The number of nitrogens with zero attached hydrogens (tertiary/aromatic N) is 3. The minimum absolute atomic E-state index is 0. The number of hydrogen-bond donors (Lipinski definition) is 2. The van der Waals surface area contributed by atoms with Crippen LogP contribution < -0.4 is 11.1 Å². The van der Waals surface area contributed by atoms with Gasteiger partial charge in [0.25, 0.3) is 5.91 Å². The van der Waals surface area contributed by atoms with Gasteiger partial charge in [0.15, 0.2) is 0 Å². The summed E-state index contributed by atoms with van der Waals surface area (Å²) in [5.74, 6) is -0.360. The summed E-state index contributed by atoms with van der Waals surface area (Å²) < 4.78 is 7.86. The van der Waals surface area contributed by atoms with E-state index < -0.39 is 0 Å². The SMILES string of the molecule is CN=C/C=C(\N)C(=O)Nc1cc(C)c2nc(C34COC(C)(C3)C4)cn2c1.[HH]. The Morgan fingerprint density at radius 1 is 1.50 bits per heavy atom. The third kappa shape index (κ3) is 2.59. The number of aryl methyl sites for hydroxylation is 1. The minimum Gasteiger partial charge on any atom is -0.394 e. The van der Waals surface area contributed by atoms with E-state index in [1.54, 1.807) is 7.05 Å². The number of aliphatic imine (C=N–C) groups is 1. The van der Waals surface area contributed by atoms with E-state index in [0.717, 1.165) is 36.4 Å². The van der Waals surface area contributed by atoms with Gasteiger partial charge in [0.1, 0.15) is 5.65 Å². The third-order valence-corrected chi connectivity index (χ3v) is 5.32. The van der Waals surface area contributed by atoms with Crippen LogP contribution in [0.1, 0.15) is 32.4 Å². The van der Waals surface area contributed by atoms with Crippen LogP contribution in [0.3, 0.4) is 0 Å². The van der Waals surface area contributed by atoms with Crippen LogP contribution in [0.25, 0.3) is 5.65 Å². The molecule has 1 amide bonds. The van der Waals surface area contributed by atoms with E-state index in [0.29, 0.717) is 5.69 Å². The molecule has 0 radical (unpaired) electrons. The zero-order valence-corrected chi connectivity index (χ0v) is 15.2. The van der Waals surface area contributed by atoms with E-state index in [1.165, 1.54) is 12.3 Å². The van der Waals surface area contributed by atoms with Crippen molar-refractivity contribution in [3.63, 3.8) is 0 Å². The molecule has 0 unspecified atom stereocenters. The van der Waals surface area contributed by atoms with Crippen molar-refractivity contribution < 1.29 is 11.0 Å². The second-order valence-electron chi connectivity index (χ2n) is 7.62. The number of amides is 1. The first-order valence-electron chi connectivity index (χ1n) is 8.67. The number of allylic oxidation sites excluding steroid dienone is 1. The van der Waals surface area contributed by atoms with Crippen molar-refractivity contribution >= 4 is 23.5 Å². The number of pyridine rings is 1. The van der Waals surface area contributed by atoms with Crippen molar-refractivity contribution in [1.82, 2.24) is 9.38 Å². The maximum atomic E-state index is 12.2. The Labute approximate surface area is 153 Å². The molecular formula is C19H25N5O2. The fourth-order valence-corrected chi connectivity index (χ4v) is 4.18. The van der Waals surface area contributed by atoms with Crippen LogP contribution in [0.5, 0.6) is 0 Å². The molecule has 2 saturated heterocycles. The molecular weight excluding hydrogens is 330 g/mol. The number of anilines is 1. The molecule has 1 aliphatic carbocycles. The summed E-state index contributed by atoms with van der Waals surface area (Å²) in [6, 6.07) is 1.90. The van der Waals surface area contributed by atoms with Gasteiger partial charge in [0, 0.05) is 32.5 Å². The van der Waals surface area contributed by atoms with Crippen molar-refractivity contribution in [1.29, 1.82) is 0 Å². The van der Waals surface area contributed by atoms with Gasteiger partial charge in [-0.15, -0.1) is 0 Å². The molecule has 0 atom stereocenters. The van der Waals surface area contributed by atoms with E-state index in [1.807, 2.05) is 23.6 Å². The molecule has 2 bridgehead atoms. The molecule has 7 nitrogen and oxygen atoms in total. The lowest BCUT2D eigenvalue weighted by Crippen LogP contribution is -2.45. The molecule has 3 N–H and O–H groups in total. The van der Waals surface area contributed by atoms with Crippen LogP contribution in [-0.2, 0) is 14.9 Å². The van der Waals surface area contributed by atoms with Gasteiger partial charge in [-0.05, 0) is 44.4 Å². The Bertz CT molecular complexity index is 956. The van der Waals surface area contributed by atoms with Crippen LogP contribution in [0, 0.1) is 6.92 Å². The highest BCUT2D eigenvalue weighted by Crippen LogP contribution is 2.58. The van der Waals surface area contributed by atoms with Gasteiger partial charge in [-0.1, -0.05) is 0 Å². The fraction of sp³-hybridized carbons (Fsp3) is 0.421. The average Bonchev–Trinajstić information content (AvgIpc) is 3.23. The molecule has 26 heavy (non-hydrogen) atoms. The topological polar surface area (TPSA) is 94.0 Å². The molecule has 0 spiro atoms. The molecule has 2 aromatic rings. The monoisotopic (exact) mass is 355 g/mol. The number of aromatic nitrogens is 2. The first-order chi connectivity index (χ1) is 12.3. The lowest BCUT2D eigenvalue weighted by Gasteiger charge is -2.41. The van der Waals surface area contributed by atoms with Crippen molar-refractivity contribution in [3.8, 4) is 0 Å². The Morgan fingerprint density at radius 3 is 2.92 bits per heavy atom. The van der Waals surface area contributed by atoms with E-state index >= 15 is 0 Å². The number of hydrogen-bond acceptors (Lipinski definition) is 5. The Morgan fingerprint density at radius 2 is 2.27 bits per heavy atom. The van der Waals surface area contributed by atoms with Crippen molar-refractivity contribution in [3.05, 3.63) is 41.5 Å².